The van der Waals surface area contributed by atoms with Crippen molar-refractivity contribution in [3.05, 3.63) is 0 Å². The van der Waals surface area contributed by atoms with Crippen molar-refractivity contribution in [1.82, 2.24) is 4.72 Å². The molecule has 0 fully saturated rings. The van der Waals surface area contributed by atoms with E-state index in [2.05, 4.69) is 25.5 Å². The second kappa shape index (κ2) is 4.53. The summed E-state index contributed by atoms with van der Waals surface area (Å²) in [7, 11) is 0. The highest BCUT2D eigenvalue weighted by molar-refractivity contribution is 7.77. The molecule has 13 heavy (non-hydrogen) atoms. The van der Waals surface area contributed by atoms with Gasteiger partial charge in [0.25, 0.3) is 0 Å². The Labute approximate surface area is 83.7 Å². The number of hydrogen-bond donors (Lipinski definition) is 1. The molecule has 1 atom stereocenters. The molecule has 0 aromatic heterocycles. The minimum Gasteiger partial charge on any atom is -0.760 e. The van der Waals surface area contributed by atoms with Crippen LogP contribution in [-0.4, -0.2) is 14.3 Å². The minimum atomic E-state index is -2.18. The molecule has 0 saturated heterocycles. The van der Waals surface area contributed by atoms with E-state index >= 15 is 0 Å². The van der Waals surface area contributed by atoms with Gasteiger partial charge in [0.05, 0.1) is 0 Å². The number of hydrogen-bond acceptors (Lipinski definition) is 2. The molecule has 0 aliphatic carbocycles. The van der Waals surface area contributed by atoms with E-state index < -0.39 is 11.3 Å². The molecule has 0 aromatic carbocycles. The monoisotopic (exact) mass is 206 g/mol. The molecule has 4 heteroatoms. The van der Waals surface area contributed by atoms with Crippen molar-refractivity contribution in [2.24, 2.45) is 5.41 Å². The van der Waals surface area contributed by atoms with Gasteiger partial charge in [0.1, 0.15) is 0 Å². The van der Waals surface area contributed by atoms with E-state index in [4.69, 9.17) is 0 Å². The molecule has 0 bridgehead atoms. The summed E-state index contributed by atoms with van der Waals surface area (Å²) >= 11 is -2.18. The Balaban J connectivity index is 4.80. The summed E-state index contributed by atoms with van der Waals surface area (Å²) in [6, 6.07) is 0. The van der Waals surface area contributed by atoms with Gasteiger partial charge in [-0.15, -0.1) is 0 Å². The van der Waals surface area contributed by atoms with E-state index in [0.29, 0.717) is 0 Å². The number of rotatable bonds is 4. The van der Waals surface area contributed by atoms with Gasteiger partial charge in [0, 0.05) is 16.8 Å². The maximum Gasteiger partial charge on any atom is 0.0338 e. The van der Waals surface area contributed by atoms with Crippen molar-refractivity contribution in [3.8, 4) is 0 Å². The minimum absolute atomic E-state index is 0.0590. The molecule has 0 heterocycles. The van der Waals surface area contributed by atoms with Crippen LogP contribution in [0, 0.1) is 5.41 Å². The first kappa shape index (κ1) is 13.1. The maximum atomic E-state index is 10.7. The van der Waals surface area contributed by atoms with Crippen LogP contribution in [0.1, 0.15) is 47.5 Å². The lowest BCUT2D eigenvalue weighted by atomic mass is 9.71. The molecular formula is C9H20NO2S-. The van der Waals surface area contributed by atoms with Crippen molar-refractivity contribution in [1.29, 1.82) is 0 Å². The van der Waals surface area contributed by atoms with Crippen molar-refractivity contribution in [3.63, 3.8) is 0 Å². The van der Waals surface area contributed by atoms with Gasteiger partial charge < -0.3 is 4.55 Å². The molecule has 0 rings (SSSR count). The Morgan fingerprint density at radius 2 is 1.62 bits per heavy atom. The van der Waals surface area contributed by atoms with Crippen LogP contribution in [-0.2, 0) is 11.3 Å². The maximum absolute atomic E-state index is 10.7. The van der Waals surface area contributed by atoms with E-state index in [9.17, 15) is 8.76 Å². The third-order valence-electron chi connectivity index (χ3n) is 2.92. The largest absolute Gasteiger partial charge is 0.760 e. The quantitative estimate of drug-likeness (QED) is 0.715. The van der Waals surface area contributed by atoms with Gasteiger partial charge in [-0.1, -0.05) is 34.6 Å². The lowest BCUT2D eigenvalue weighted by Gasteiger charge is -2.45. The second-order valence-electron chi connectivity index (χ2n) is 4.38. The zero-order valence-electron chi connectivity index (χ0n) is 9.14. The number of nitrogens with one attached hydrogen (secondary N) is 1. The predicted molar refractivity (Wildman–Crippen MR) is 54.8 cm³/mol. The van der Waals surface area contributed by atoms with E-state index in [1.807, 2.05) is 13.8 Å². The predicted octanol–water partition coefficient (Wildman–Crippen LogP) is 1.98. The Hall–Kier alpha value is 0.0700. The van der Waals surface area contributed by atoms with Crippen LogP contribution >= 0.6 is 0 Å². The summed E-state index contributed by atoms with van der Waals surface area (Å²) in [6.07, 6.45) is 1.61. The highest BCUT2D eigenvalue weighted by Gasteiger charge is 2.38. The first-order chi connectivity index (χ1) is 5.79. The highest BCUT2D eigenvalue weighted by atomic mass is 32.2. The van der Waals surface area contributed by atoms with E-state index in [-0.39, 0.29) is 11.0 Å². The van der Waals surface area contributed by atoms with Crippen LogP contribution in [0.25, 0.3) is 0 Å². The molecule has 1 unspecified atom stereocenters. The van der Waals surface area contributed by atoms with Gasteiger partial charge in [-0.05, 0) is 18.3 Å². The fourth-order valence-electron chi connectivity index (χ4n) is 1.77. The van der Waals surface area contributed by atoms with Gasteiger partial charge in [-0.25, -0.2) is 4.72 Å². The van der Waals surface area contributed by atoms with E-state index in [1.54, 1.807) is 0 Å². The molecule has 0 aliphatic rings. The highest BCUT2D eigenvalue weighted by Crippen LogP contribution is 2.35. The average Bonchev–Trinajstić information content (AvgIpc) is 1.97. The molecule has 0 radical (unpaired) electrons. The summed E-state index contributed by atoms with van der Waals surface area (Å²) in [5.74, 6) is 0. The molecular weight excluding hydrogens is 186 g/mol. The van der Waals surface area contributed by atoms with Crippen LogP contribution in [0.5, 0.6) is 0 Å². The van der Waals surface area contributed by atoms with Gasteiger partial charge in [-0.2, -0.15) is 0 Å². The molecule has 0 aliphatic heterocycles. The Morgan fingerprint density at radius 1 is 1.23 bits per heavy atom. The summed E-state index contributed by atoms with van der Waals surface area (Å²) in [5.41, 5.74) is -0.379. The molecule has 80 valence electrons. The third-order valence-corrected chi connectivity index (χ3v) is 3.48. The normalized spacial score (nSPS) is 15.8. The summed E-state index contributed by atoms with van der Waals surface area (Å²) in [6.45, 7) is 10.2. The average molecular weight is 206 g/mol. The van der Waals surface area contributed by atoms with Crippen molar-refractivity contribution < 1.29 is 8.76 Å². The lowest BCUT2D eigenvalue weighted by molar-refractivity contribution is 0.152. The lowest BCUT2D eigenvalue weighted by Crippen LogP contribution is -2.54. The van der Waals surface area contributed by atoms with E-state index in [1.165, 1.54) is 0 Å². The van der Waals surface area contributed by atoms with Crippen LogP contribution in [0.4, 0.5) is 0 Å². The van der Waals surface area contributed by atoms with Gasteiger partial charge in [0.15, 0.2) is 0 Å². The SMILES string of the molecule is CCC(CC)(NS(=O)[O-])C(C)(C)C. The molecule has 3 nitrogen and oxygen atoms in total. The third kappa shape index (κ3) is 3.04. The standard InChI is InChI=1S/C9H21NO2S/c1-6-9(7-2,8(3,4)5)10-13(11)12/h10H,6-7H2,1-5H3,(H,11,12)/p-1. The first-order valence-corrected chi connectivity index (χ1v) is 5.73. The molecule has 0 amide bonds. The Bertz CT molecular complexity index is 183. The molecule has 0 saturated carbocycles. The molecule has 1 N–H and O–H groups in total. The fourth-order valence-corrected chi connectivity index (χ4v) is 2.68. The van der Waals surface area contributed by atoms with Gasteiger partial charge in [0.2, 0.25) is 0 Å². The topological polar surface area (TPSA) is 52.2 Å². The zero-order valence-corrected chi connectivity index (χ0v) is 9.96. The van der Waals surface area contributed by atoms with Crippen LogP contribution in [0.2, 0.25) is 0 Å². The molecule has 0 spiro atoms. The van der Waals surface area contributed by atoms with Gasteiger partial charge in [-0.3, -0.25) is 4.21 Å². The van der Waals surface area contributed by atoms with Crippen LogP contribution in [0.3, 0.4) is 0 Å². The van der Waals surface area contributed by atoms with Crippen molar-refractivity contribution in [2.45, 2.75) is 53.0 Å². The van der Waals surface area contributed by atoms with E-state index in [0.717, 1.165) is 12.8 Å². The summed E-state index contributed by atoms with van der Waals surface area (Å²) in [4.78, 5) is 0. The van der Waals surface area contributed by atoms with Crippen molar-refractivity contribution in [2.75, 3.05) is 0 Å². The second-order valence-corrected chi connectivity index (χ2v) is 5.05. The summed E-state index contributed by atoms with van der Waals surface area (Å²) in [5, 5.41) is 0. The summed E-state index contributed by atoms with van der Waals surface area (Å²) < 4.78 is 24.0. The van der Waals surface area contributed by atoms with Crippen LogP contribution in [0.15, 0.2) is 0 Å². The first-order valence-electron chi connectivity index (χ1n) is 4.66. The van der Waals surface area contributed by atoms with Crippen LogP contribution < -0.4 is 4.72 Å². The van der Waals surface area contributed by atoms with Gasteiger partial charge >= 0.3 is 0 Å². The smallest absolute Gasteiger partial charge is 0.0338 e. The Morgan fingerprint density at radius 3 is 1.69 bits per heavy atom. The van der Waals surface area contributed by atoms with Crippen molar-refractivity contribution >= 4 is 11.3 Å². The fraction of sp³-hybridized carbons (Fsp3) is 1.00. The molecule has 0 aromatic rings. The Kier molecular flexibility index (Phi) is 4.55. The zero-order chi connectivity index (χ0) is 10.7.